The van der Waals surface area contributed by atoms with Gasteiger partial charge >= 0.3 is 0 Å². The van der Waals surface area contributed by atoms with E-state index in [0.29, 0.717) is 25.3 Å². The molecule has 0 fully saturated rings. The van der Waals surface area contributed by atoms with Crippen molar-refractivity contribution in [3.05, 3.63) is 75.9 Å². The molecular weight excluding hydrogens is 314 g/mol. The Hall–Kier alpha value is -2.60. The van der Waals surface area contributed by atoms with Gasteiger partial charge in [0.1, 0.15) is 5.02 Å². The highest BCUT2D eigenvalue weighted by Crippen LogP contribution is 2.15. The van der Waals surface area contributed by atoms with E-state index in [4.69, 9.17) is 11.6 Å². The van der Waals surface area contributed by atoms with Crippen molar-refractivity contribution in [3.8, 4) is 0 Å². The lowest BCUT2D eigenvalue weighted by molar-refractivity contribution is 0.630. The minimum atomic E-state index is -0.306. The minimum absolute atomic E-state index is 0.149. The minimum Gasteiger partial charge on any atom is -0.381 e. The third-order valence-corrected chi connectivity index (χ3v) is 3.74. The number of hydrogen-bond acceptors (Lipinski definition) is 4. The van der Waals surface area contributed by atoms with Crippen LogP contribution in [0.3, 0.4) is 0 Å². The predicted octanol–water partition coefficient (Wildman–Crippen LogP) is 2.25. The van der Waals surface area contributed by atoms with Crippen LogP contribution in [0.2, 0.25) is 5.02 Å². The van der Waals surface area contributed by atoms with Gasteiger partial charge in [0, 0.05) is 18.9 Å². The highest BCUT2D eigenvalue weighted by Gasteiger charge is 2.09. The first kappa shape index (κ1) is 15.3. The maximum atomic E-state index is 12.3. The SMILES string of the molecule is O=c1c(Cl)c(NCCn2cccn2)cnn1Cc1ccccc1. The molecule has 1 aromatic carbocycles. The summed E-state index contributed by atoms with van der Waals surface area (Å²) in [6.45, 7) is 1.68. The topological polar surface area (TPSA) is 64.7 Å². The van der Waals surface area contributed by atoms with Gasteiger partial charge in [-0.05, 0) is 11.6 Å². The third-order valence-electron chi connectivity index (χ3n) is 3.38. The summed E-state index contributed by atoms with van der Waals surface area (Å²) < 4.78 is 3.15. The molecule has 0 amide bonds. The quantitative estimate of drug-likeness (QED) is 0.753. The number of halogens is 1. The lowest BCUT2D eigenvalue weighted by atomic mass is 10.2. The van der Waals surface area contributed by atoms with Crippen LogP contribution in [0.1, 0.15) is 5.56 Å². The zero-order valence-electron chi connectivity index (χ0n) is 12.4. The molecule has 3 aromatic rings. The fourth-order valence-electron chi connectivity index (χ4n) is 2.20. The maximum Gasteiger partial charge on any atom is 0.287 e. The maximum absolute atomic E-state index is 12.3. The van der Waals surface area contributed by atoms with E-state index in [1.807, 2.05) is 42.6 Å². The fraction of sp³-hybridized carbons (Fsp3) is 0.188. The first-order chi connectivity index (χ1) is 11.2. The number of hydrogen-bond donors (Lipinski definition) is 1. The van der Waals surface area contributed by atoms with Crippen LogP contribution in [0.25, 0.3) is 0 Å². The van der Waals surface area contributed by atoms with Gasteiger partial charge in [0.2, 0.25) is 0 Å². The molecule has 6 nitrogen and oxygen atoms in total. The Kier molecular flexibility index (Phi) is 4.73. The number of nitrogens with zero attached hydrogens (tertiary/aromatic N) is 4. The van der Waals surface area contributed by atoms with Crippen LogP contribution in [0, 0.1) is 0 Å². The van der Waals surface area contributed by atoms with Crippen molar-refractivity contribution in [2.24, 2.45) is 0 Å². The number of rotatable bonds is 6. The Morgan fingerprint density at radius 2 is 1.96 bits per heavy atom. The van der Waals surface area contributed by atoms with Crippen molar-refractivity contribution in [1.82, 2.24) is 19.6 Å². The molecule has 0 saturated carbocycles. The molecule has 3 rings (SSSR count). The van der Waals surface area contributed by atoms with Crippen LogP contribution in [-0.2, 0) is 13.1 Å². The summed E-state index contributed by atoms with van der Waals surface area (Å²) in [7, 11) is 0. The average molecular weight is 330 g/mol. The van der Waals surface area contributed by atoms with Gasteiger partial charge in [0.05, 0.1) is 25.0 Å². The smallest absolute Gasteiger partial charge is 0.287 e. The van der Waals surface area contributed by atoms with Gasteiger partial charge in [-0.1, -0.05) is 41.9 Å². The summed E-state index contributed by atoms with van der Waals surface area (Å²) in [5, 5.41) is 11.6. The fourth-order valence-corrected chi connectivity index (χ4v) is 2.41. The zero-order chi connectivity index (χ0) is 16.1. The van der Waals surface area contributed by atoms with Crippen molar-refractivity contribution >= 4 is 17.3 Å². The van der Waals surface area contributed by atoms with Gasteiger partial charge in [-0.15, -0.1) is 0 Å². The molecule has 0 aliphatic heterocycles. The molecule has 0 atom stereocenters. The Labute approximate surface area is 138 Å². The Bertz CT molecular complexity index is 814. The van der Waals surface area contributed by atoms with Crippen LogP contribution < -0.4 is 10.9 Å². The van der Waals surface area contributed by atoms with Gasteiger partial charge in [-0.3, -0.25) is 9.48 Å². The molecule has 2 heterocycles. The molecule has 2 aromatic heterocycles. The summed E-state index contributed by atoms with van der Waals surface area (Å²) in [6, 6.07) is 11.5. The van der Waals surface area contributed by atoms with Crippen molar-refractivity contribution < 1.29 is 0 Å². The van der Waals surface area contributed by atoms with Crippen molar-refractivity contribution in [2.45, 2.75) is 13.1 Å². The monoisotopic (exact) mass is 329 g/mol. The molecule has 23 heavy (non-hydrogen) atoms. The Morgan fingerprint density at radius 3 is 2.70 bits per heavy atom. The molecule has 1 N–H and O–H groups in total. The molecule has 0 aliphatic carbocycles. The van der Waals surface area contributed by atoms with Crippen LogP contribution in [0.4, 0.5) is 5.69 Å². The molecular formula is C16H16ClN5O. The van der Waals surface area contributed by atoms with E-state index in [2.05, 4.69) is 15.5 Å². The van der Waals surface area contributed by atoms with Gasteiger partial charge in [-0.2, -0.15) is 10.2 Å². The number of nitrogens with one attached hydrogen (secondary N) is 1. The molecule has 0 saturated heterocycles. The lowest BCUT2D eigenvalue weighted by Crippen LogP contribution is -2.25. The molecule has 0 unspecified atom stereocenters. The summed E-state index contributed by atoms with van der Waals surface area (Å²) in [5.41, 5.74) is 1.23. The van der Waals surface area contributed by atoms with E-state index in [9.17, 15) is 4.79 Å². The first-order valence-corrected chi connectivity index (χ1v) is 7.62. The van der Waals surface area contributed by atoms with Crippen molar-refractivity contribution in [1.29, 1.82) is 0 Å². The molecule has 0 radical (unpaired) electrons. The molecule has 0 bridgehead atoms. The Balaban J connectivity index is 1.69. The summed E-state index contributed by atoms with van der Waals surface area (Å²) in [5.74, 6) is 0. The predicted molar refractivity (Wildman–Crippen MR) is 89.8 cm³/mol. The summed E-state index contributed by atoms with van der Waals surface area (Å²) in [6.07, 6.45) is 5.18. The van der Waals surface area contributed by atoms with Crippen LogP contribution in [-0.4, -0.2) is 26.1 Å². The van der Waals surface area contributed by atoms with E-state index in [0.717, 1.165) is 5.56 Å². The summed E-state index contributed by atoms with van der Waals surface area (Å²) in [4.78, 5) is 12.3. The van der Waals surface area contributed by atoms with Crippen LogP contribution in [0.15, 0.2) is 59.8 Å². The van der Waals surface area contributed by atoms with Crippen LogP contribution >= 0.6 is 11.6 Å². The third kappa shape index (κ3) is 3.78. The van der Waals surface area contributed by atoms with E-state index in [-0.39, 0.29) is 10.6 Å². The van der Waals surface area contributed by atoms with E-state index < -0.39 is 0 Å². The van der Waals surface area contributed by atoms with E-state index in [1.165, 1.54) is 4.68 Å². The number of aromatic nitrogens is 4. The second kappa shape index (κ2) is 7.11. The van der Waals surface area contributed by atoms with Crippen LogP contribution in [0.5, 0.6) is 0 Å². The Morgan fingerprint density at radius 1 is 1.13 bits per heavy atom. The van der Waals surface area contributed by atoms with Gasteiger partial charge < -0.3 is 5.32 Å². The van der Waals surface area contributed by atoms with Crippen molar-refractivity contribution in [3.63, 3.8) is 0 Å². The summed E-state index contributed by atoms with van der Waals surface area (Å²) >= 11 is 6.17. The number of anilines is 1. The standard InChI is InChI=1S/C16H16ClN5O/c17-15-14(18-8-10-21-9-4-7-19-21)11-20-22(16(15)23)12-13-5-2-1-3-6-13/h1-7,9,11,18H,8,10,12H2. The normalized spacial score (nSPS) is 10.7. The first-order valence-electron chi connectivity index (χ1n) is 7.25. The second-order valence-corrected chi connectivity index (χ2v) is 5.39. The second-order valence-electron chi connectivity index (χ2n) is 5.02. The largest absolute Gasteiger partial charge is 0.381 e. The molecule has 0 spiro atoms. The highest BCUT2D eigenvalue weighted by molar-refractivity contribution is 6.32. The average Bonchev–Trinajstić information content (AvgIpc) is 3.08. The van der Waals surface area contributed by atoms with E-state index >= 15 is 0 Å². The molecule has 118 valence electrons. The van der Waals surface area contributed by atoms with Gasteiger partial charge in [0.15, 0.2) is 0 Å². The molecule has 7 heteroatoms. The number of benzene rings is 1. The van der Waals surface area contributed by atoms with E-state index in [1.54, 1.807) is 17.1 Å². The van der Waals surface area contributed by atoms with Gasteiger partial charge in [-0.25, -0.2) is 4.68 Å². The highest BCUT2D eigenvalue weighted by atomic mass is 35.5. The van der Waals surface area contributed by atoms with Crippen molar-refractivity contribution in [2.75, 3.05) is 11.9 Å². The lowest BCUT2D eigenvalue weighted by Gasteiger charge is -2.10. The van der Waals surface area contributed by atoms with Gasteiger partial charge in [0.25, 0.3) is 5.56 Å². The molecule has 0 aliphatic rings. The zero-order valence-corrected chi connectivity index (χ0v) is 13.1.